The van der Waals surface area contributed by atoms with Crippen LogP contribution in [-0.4, -0.2) is 27.2 Å². The van der Waals surface area contributed by atoms with E-state index in [2.05, 4.69) is 10.3 Å². The number of ether oxygens (including phenoxy) is 1. The normalized spacial score (nSPS) is 10.5. The van der Waals surface area contributed by atoms with Gasteiger partial charge < -0.3 is 9.84 Å². The Morgan fingerprint density at radius 1 is 1.29 bits per heavy atom. The lowest BCUT2D eigenvalue weighted by molar-refractivity contribution is 0.277. The minimum Gasteiger partial charge on any atom is -0.497 e. The fourth-order valence-corrected chi connectivity index (χ4v) is 1.74. The van der Waals surface area contributed by atoms with Crippen LogP contribution in [0.1, 0.15) is 12.6 Å². The highest BCUT2D eigenvalue weighted by atomic mass is 16.5. The van der Waals surface area contributed by atoms with Crippen LogP contribution in [0.25, 0.3) is 11.3 Å². The summed E-state index contributed by atoms with van der Waals surface area (Å²) >= 11 is 0. The first-order valence-electron chi connectivity index (χ1n) is 5.47. The van der Waals surface area contributed by atoms with Gasteiger partial charge in [-0.15, -0.1) is 5.10 Å². The van der Waals surface area contributed by atoms with Crippen molar-refractivity contribution in [3.8, 4) is 17.0 Å². The fourth-order valence-electron chi connectivity index (χ4n) is 1.74. The number of aliphatic hydroxyl groups excluding tert-OH is 1. The van der Waals surface area contributed by atoms with Crippen molar-refractivity contribution in [3.05, 3.63) is 30.0 Å². The van der Waals surface area contributed by atoms with Crippen LogP contribution < -0.4 is 4.74 Å². The van der Waals surface area contributed by atoms with Gasteiger partial charge in [-0.1, -0.05) is 5.21 Å². The Labute approximate surface area is 99.7 Å². The van der Waals surface area contributed by atoms with E-state index in [9.17, 15) is 5.11 Å². The Bertz CT molecular complexity index is 469. The van der Waals surface area contributed by atoms with Gasteiger partial charge >= 0.3 is 0 Å². The van der Waals surface area contributed by atoms with Crippen LogP contribution in [0, 0.1) is 0 Å². The lowest BCUT2D eigenvalue weighted by Crippen LogP contribution is -2.00. The van der Waals surface area contributed by atoms with Crippen LogP contribution in [0.4, 0.5) is 0 Å². The predicted molar refractivity (Wildman–Crippen MR) is 63.6 cm³/mol. The standard InChI is InChI=1S/C12H15N3O2/c1-3-15-12(11(8-16)13-14-15)9-4-6-10(17-2)7-5-9/h4-7,16H,3,8H2,1-2H3. The van der Waals surface area contributed by atoms with Gasteiger partial charge in [-0.2, -0.15) is 0 Å². The fraction of sp³-hybridized carbons (Fsp3) is 0.333. The first kappa shape index (κ1) is 11.6. The van der Waals surface area contributed by atoms with E-state index >= 15 is 0 Å². The molecule has 0 unspecified atom stereocenters. The molecule has 5 nitrogen and oxygen atoms in total. The zero-order valence-corrected chi connectivity index (χ0v) is 9.92. The molecule has 1 aromatic heterocycles. The van der Waals surface area contributed by atoms with Crippen molar-refractivity contribution in [1.82, 2.24) is 15.0 Å². The number of benzene rings is 1. The van der Waals surface area contributed by atoms with Gasteiger partial charge in [0.15, 0.2) is 0 Å². The molecule has 0 aliphatic rings. The maximum Gasteiger partial charge on any atom is 0.118 e. The molecule has 0 amide bonds. The monoisotopic (exact) mass is 233 g/mol. The Kier molecular flexibility index (Phi) is 3.39. The summed E-state index contributed by atoms with van der Waals surface area (Å²) in [6.07, 6.45) is 0. The van der Waals surface area contributed by atoms with Crippen molar-refractivity contribution in [1.29, 1.82) is 0 Å². The van der Waals surface area contributed by atoms with Crippen LogP contribution in [0.5, 0.6) is 5.75 Å². The van der Waals surface area contributed by atoms with Gasteiger partial charge in [-0.3, -0.25) is 0 Å². The number of rotatable bonds is 4. The molecule has 90 valence electrons. The van der Waals surface area contributed by atoms with Crippen molar-refractivity contribution in [3.63, 3.8) is 0 Å². The van der Waals surface area contributed by atoms with Gasteiger partial charge in [0.25, 0.3) is 0 Å². The molecule has 0 aliphatic carbocycles. The number of methoxy groups -OCH3 is 1. The summed E-state index contributed by atoms with van der Waals surface area (Å²) in [4.78, 5) is 0. The minimum absolute atomic E-state index is 0.110. The van der Waals surface area contributed by atoms with Crippen LogP contribution >= 0.6 is 0 Å². The highest BCUT2D eigenvalue weighted by molar-refractivity contribution is 5.62. The molecule has 0 saturated heterocycles. The average Bonchev–Trinajstić information content (AvgIpc) is 2.81. The van der Waals surface area contributed by atoms with Gasteiger partial charge in [0.05, 0.1) is 19.4 Å². The second-order valence-corrected chi connectivity index (χ2v) is 3.59. The van der Waals surface area contributed by atoms with E-state index in [-0.39, 0.29) is 6.61 Å². The molecule has 17 heavy (non-hydrogen) atoms. The van der Waals surface area contributed by atoms with Crippen LogP contribution in [-0.2, 0) is 13.2 Å². The second-order valence-electron chi connectivity index (χ2n) is 3.59. The number of hydrogen-bond acceptors (Lipinski definition) is 4. The van der Waals surface area contributed by atoms with Gasteiger partial charge in [-0.05, 0) is 31.2 Å². The Hall–Kier alpha value is -1.88. The first-order chi connectivity index (χ1) is 8.30. The summed E-state index contributed by atoms with van der Waals surface area (Å²) in [5.74, 6) is 0.801. The van der Waals surface area contributed by atoms with Crippen molar-refractivity contribution in [2.45, 2.75) is 20.1 Å². The number of hydrogen-bond donors (Lipinski definition) is 1. The lowest BCUT2D eigenvalue weighted by atomic mass is 10.1. The predicted octanol–water partition coefficient (Wildman–Crippen LogP) is 1.47. The molecule has 0 spiro atoms. The lowest BCUT2D eigenvalue weighted by Gasteiger charge is -2.06. The van der Waals surface area contributed by atoms with Crippen LogP contribution in [0.15, 0.2) is 24.3 Å². The van der Waals surface area contributed by atoms with E-state index in [1.54, 1.807) is 11.8 Å². The Morgan fingerprint density at radius 3 is 2.53 bits per heavy atom. The molecule has 2 aromatic rings. The highest BCUT2D eigenvalue weighted by Crippen LogP contribution is 2.24. The Balaban J connectivity index is 2.46. The molecule has 5 heteroatoms. The van der Waals surface area contributed by atoms with Gasteiger partial charge in [0, 0.05) is 12.1 Å². The number of aryl methyl sites for hydroxylation is 1. The van der Waals surface area contributed by atoms with Crippen LogP contribution in [0.2, 0.25) is 0 Å². The molecule has 0 fully saturated rings. The summed E-state index contributed by atoms with van der Waals surface area (Å²) < 4.78 is 6.88. The molecule has 0 atom stereocenters. The number of nitrogens with zero attached hydrogens (tertiary/aromatic N) is 3. The van der Waals surface area contributed by atoms with Gasteiger partial charge in [0.1, 0.15) is 11.4 Å². The average molecular weight is 233 g/mol. The quantitative estimate of drug-likeness (QED) is 0.868. The minimum atomic E-state index is -0.110. The molecular formula is C12H15N3O2. The third-order valence-electron chi connectivity index (χ3n) is 2.62. The SMILES string of the molecule is CCn1nnc(CO)c1-c1ccc(OC)cc1. The maximum atomic E-state index is 9.25. The smallest absolute Gasteiger partial charge is 0.118 e. The third-order valence-corrected chi connectivity index (χ3v) is 2.62. The molecular weight excluding hydrogens is 218 g/mol. The van der Waals surface area contributed by atoms with E-state index < -0.39 is 0 Å². The topological polar surface area (TPSA) is 60.2 Å². The highest BCUT2D eigenvalue weighted by Gasteiger charge is 2.13. The molecule has 0 bridgehead atoms. The largest absolute Gasteiger partial charge is 0.497 e. The number of aliphatic hydroxyl groups is 1. The summed E-state index contributed by atoms with van der Waals surface area (Å²) in [5, 5.41) is 17.2. The van der Waals surface area contributed by atoms with E-state index in [1.807, 2.05) is 31.2 Å². The molecule has 1 heterocycles. The number of aromatic nitrogens is 3. The van der Waals surface area contributed by atoms with Crippen molar-refractivity contribution >= 4 is 0 Å². The molecule has 1 aromatic carbocycles. The van der Waals surface area contributed by atoms with Crippen molar-refractivity contribution in [2.24, 2.45) is 0 Å². The summed E-state index contributed by atoms with van der Waals surface area (Å²) in [6.45, 7) is 2.60. The van der Waals surface area contributed by atoms with Crippen molar-refractivity contribution < 1.29 is 9.84 Å². The Morgan fingerprint density at radius 2 is 2.00 bits per heavy atom. The zero-order chi connectivity index (χ0) is 12.3. The first-order valence-corrected chi connectivity index (χ1v) is 5.47. The summed E-state index contributed by atoms with van der Waals surface area (Å²) in [7, 11) is 1.63. The van der Waals surface area contributed by atoms with E-state index in [1.165, 1.54) is 0 Å². The zero-order valence-electron chi connectivity index (χ0n) is 9.92. The molecule has 0 aliphatic heterocycles. The van der Waals surface area contributed by atoms with Crippen molar-refractivity contribution in [2.75, 3.05) is 7.11 Å². The second kappa shape index (κ2) is 4.97. The summed E-state index contributed by atoms with van der Waals surface area (Å²) in [5.41, 5.74) is 2.43. The van der Waals surface area contributed by atoms with E-state index in [4.69, 9.17) is 4.74 Å². The molecule has 0 radical (unpaired) electrons. The molecule has 0 saturated carbocycles. The van der Waals surface area contributed by atoms with E-state index in [0.717, 1.165) is 17.0 Å². The van der Waals surface area contributed by atoms with Crippen LogP contribution in [0.3, 0.4) is 0 Å². The summed E-state index contributed by atoms with van der Waals surface area (Å²) in [6, 6.07) is 7.62. The maximum absolute atomic E-state index is 9.25. The third kappa shape index (κ3) is 2.14. The van der Waals surface area contributed by atoms with E-state index in [0.29, 0.717) is 12.2 Å². The molecule has 2 rings (SSSR count). The van der Waals surface area contributed by atoms with Gasteiger partial charge in [-0.25, -0.2) is 4.68 Å². The molecule has 1 N–H and O–H groups in total. The van der Waals surface area contributed by atoms with Gasteiger partial charge in [0.2, 0.25) is 0 Å².